The molecule has 94 valence electrons. The molecule has 0 spiro atoms. The summed E-state index contributed by atoms with van der Waals surface area (Å²) in [7, 11) is 0. The van der Waals surface area contributed by atoms with Crippen molar-refractivity contribution in [1.29, 1.82) is 0 Å². The summed E-state index contributed by atoms with van der Waals surface area (Å²) in [4.78, 5) is 15.5. The molecule has 7 heteroatoms. The number of amides is 1. The van der Waals surface area contributed by atoms with Crippen LogP contribution in [0.15, 0.2) is 0 Å². The van der Waals surface area contributed by atoms with E-state index in [1.807, 2.05) is 12.4 Å². The van der Waals surface area contributed by atoms with Crippen LogP contribution < -0.4 is 10.8 Å². The highest BCUT2D eigenvalue weighted by molar-refractivity contribution is 5.81. The fourth-order valence-corrected chi connectivity index (χ4v) is 1.65. The van der Waals surface area contributed by atoms with Crippen molar-refractivity contribution < 1.29 is 22.8 Å². The Balaban J connectivity index is 2.29. The Morgan fingerprint density at radius 2 is 2.25 bits per heavy atom. The molecule has 1 fully saturated rings. The monoisotopic (exact) mass is 240 g/mol. The molecule has 1 aliphatic rings. The number of rotatable bonds is 3. The lowest BCUT2D eigenvalue weighted by Crippen LogP contribution is -2.51. The van der Waals surface area contributed by atoms with Crippen molar-refractivity contribution >= 4 is 5.91 Å². The average molecular weight is 240 g/mol. The van der Waals surface area contributed by atoms with Crippen LogP contribution in [0.2, 0.25) is 0 Å². The summed E-state index contributed by atoms with van der Waals surface area (Å²) >= 11 is 0. The van der Waals surface area contributed by atoms with Crippen LogP contribution in [0.4, 0.5) is 13.2 Å². The van der Waals surface area contributed by atoms with Gasteiger partial charge in [0, 0.05) is 0 Å². The quantitative estimate of drug-likeness (QED) is 0.723. The van der Waals surface area contributed by atoms with Crippen LogP contribution in [0.3, 0.4) is 0 Å². The van der Waals surface area contributed by atoms with Crippen LogP contribution in [-0.4, -0.2) is 31.3 Å². The molecule has 0 saturated carbocycles. The normalized spacial score (nSPS) is 26.5. The smallest absolute Gasteiger partial charge is 0.306 e. The van der Waals surface area contributed by atoms with E-state index in [2.05, 4.69) is 10.2 Å². The van der Waals surface area contributed by atoms with Crippen molar-refractivity contribution in [2.75, 3.05) is 13.2 Å². The molecule has 16 heavy (non-hydrogen) atoms. The number of piperidine rings is 1. The van der Waals surface area contributed by atoms with Gasteiger partial charge in [-0.2, -0.15) is 13.2 Å². The number of carbonyl (C=O) groups is 1. The maximum Gasteiger partial charge on any atom is 0.414 e. The topological polar surface area (TPSA) is 50.4 Å². The van der Waals surface area contributed by atoms with Gasteiger partial charge in [0.25, 0.3) is 5.91 Å². The molecule has 0 bridgehead atoms. The molecule has 1 heterocycles. The molecule has 0 aromatic heterocycles. The molecule has 0 aliphatic carbocycles. The van der Waals surface area contributed by atoms with Gasteiger partial charge in [-0.25, -0.2) is 5.48 Å². The minimum Gasteiger partial charge on any atom is -0.306 e. The Kier molecular flexibility index (Phi) is 4.55. The second kappa shape index (κ2) is 5.49. The molecule has 0 aromatic carbocycles. The zero-order chi connectivity index (χ0) is 12.2. The zero-order valence-electron chi connectivity index (χ0n) is 8.93. The van der Waals surface area contributed by atoms with Crippen molar-refractivity contribution in [3.05, 3.63) is 0 Å². The highest BCUT2D eigenvalue weighted by Crippen LogP contribution is 2.16. The van der Waals surface area contributed by atoms with E-state index >= 15 is 0 Å². The number of hydrogen-bond donors (Lipinski definition) is 2. The minimum absolute atomic E-state index is 0.100. The summed E-state index contributed by atoms with van der Waals surface area (Å²) < 4.78 is 35.2. The number of carbonyl (C=O) groups excluding carboxylic acids is 1. The first-order valence-corrected chi connectivity index (χ1v) is 5.12. The number of alkyl halides is 3. The van der Waals surface area contributed by atoms with Gasteiger partial charge < -0.3 is 5.32 Å². The van der Waals surface area contributed by atoms with Gasteiger partial charge in [-0.1, -0.05) is 6.92 Å². The number of halogens is 3. The number of nitrogens with one attached hydrogen (secondary N) is 2. The predicted molar refractivity (Wildman–Crippen MR) is 50.3 cm³/mol. The molecule has 1 amide bonds. The van der Waals surface area contributed by atoms with Crippen LogP contribution >= 0.6 is 0 Å². The lowest BCUT2D eigenvalue weighted by Gasteiger charge is -2.28. The fourth-order valence-electron chi connectivity index (χ4n) is 1.65. The van der Waals surface area contributed by atoms with Gasteiger partial charge in [0.2, 0.25) is 0 Å². The minimum atomic E-state index is -4.43. The molecule has 2 N–H and O–H groups in total. The molecular formula is C9H15F3N2O2. The van der Waals surface area contributed by atoms with Gasteiger partial charge in [-0.15, -0.1) is 0 Å². The Morgan fingerprint density at radius 3 is 2.81 bits per heavy atom. The van der Waals surface area contributed by atoms with E-state index in [4.69, 9.17) is 0 Å². The van der Waals surface area contributed by atoms with Gasteiger partial charge in [-0.3, -0.25) is 9.63 Å². The van der Waals surface area contributed by atoms with Crippen molar-refractivity contribution in [1.82, 2.24) is 10.8 Å². The standard InChI is InChI=1S/C9H15F3N2O2/c1-6-3-2-4-13-7(6)8(15)14-16-5-9(10,11)12/h6-7,13H,2-5H2,1H3,(H,14,15). The van der Waals surface area contributed by atoms with E-state index < -0.39 is 24.7 Å². The average Bonchev–Trinajstić information content (AvgIpc) is 2.16. The second-order valence-corrected chi connectivity index (χ2v) is 3.92. The van der Waals surface area contributed by atoms with Crippen molar-refractivity contribution in [2.24, 2.45) is 5.92 Å². The lowest BCUT2D eigenvalue weighted by atomic mass is 9.92. The lowest BCUT2D eigenvalue weighted by molar-refractivity contribution is -0.192. The largest absolute Gasteiger partial charge is 0.414 e. The van der Waals surface area contributed by atoms with Crippen LogP contribution in [0.25, 0.3) is 0 Å². The summed E-state index contributed by atoms with van der Waals surface area (Å²) in [5.41, 5.74) is 1.82. The van der Waals surface area contributed by atoms with Crippen molar-refractivity contribution in [3.8, 4) is 0 Å². The first-order chi connectivity index (χ1) is 7.40. The summed E-state index contributed by atoms with van der Waals surface area (Å²) in [5.74, 6) is -0.445. The highest BCUT2D eigenvalue weighted by atomic mass is 19.4. The van der Waals surface area contributed by atoms with Gasteiger partial charge >= 0.3 is 6.18 Å². The van der Waals surface area contributed by atoms with Crippen molar-refractivity contribution in [2.45, 2.75) is 32.0 Å². The number of hydroxylamine groups is 1. The van der Waals surface area contributed by atoms with Gasteiger partial charge in [-0.05, 0) is 25.3 Å². The molecular weight excluding hydrogens is 225 g/mol. The predicted octanol–water partition coefficient (Wildman–Crippen LogP) is 0.985. The number of hydrogen-bond acceptors (Lipinski definition) is 3. The van der Waals surface area contributed by atoms with Crippen LogP contribution in [0.5, 0.6) is 0 Å². The Bertz CT molecular complexity index is 245. The maximum atomic E-state index is 11.7. The van der Waals surface area contributed by atoms with Crippen LogP contribution in [0.1, 0.15) is 19.8 Å². The molecule has 1 aliphatic heterocycles. The van der Waals surface area contributed by atoms with E-state index in [1.54, 1.807) is 0 Å². The molecule has 2 unspecified atom stereocenters. The van der Waals surface area contributed by atoms with Gasteiger partial charge in [0.15, 0.2) is 6.61 Å². The Labute approximate surface area is 91.5 Å². The maximum absolute atomic E-state index is 11.7. The summed E-state index contributed by atoms with van der Waals surface area (Å²) in [6, 6.07) is -0.470. The van der Waals surface area contributed by atoms with E-state index in [0.29, 0.717) is 6.54 Å². The SMILES string of the molecule is CC1CCCNC1C(=O)NOCC(F)(F)F. The summed E-state index contributed by atoms with van der Waals surface area (Å²) in [5, 5.41) is 2.94. The first-order valence-electron chi connectivity index (χ1n) is 5.12. The molecule has 1 saturated heterocycles. The third kappa shape index (κ3) is 4.36. The van der Waals surface area contributed by atoms with E-state index in [0.717, 1.165) is 12.8 Å². The highest BCUT2D eigenvalue weighted by Gasteiger charge is 2.30. The molecule has 2 atom stereocenters. The van der Waals surface area contributed by atoms with Crippen molar-refractivity contribution in [3.63, 3.8) is 0 Å². The van der Waals surface area contributed by atoms with Crippen LogP contribution in [0, 0.1) is 5.92 Å². The third-order valence-corrected chi connectivity index (χ3v) is 2.46. The Morgan fingerprint density at radius 1 is 1.56 bits per heavy atom. The molecule has 4 nitrogen and oxygen atoms in total. The molecule has 0 aromatic rings. The molecule has 0 radical (unpaired) electrons. The third-order valence-electron chi connectivity index (χ3n) is 2.46. The summed E-state index contributed by atoms with van der Waals surface area (Å²) in [6.45, 7) is 1.10. The first kappa shape index (κ1) is 13.2. The summed E-state index contributed by atoms with van der Waals surface area (Å²) in [6.07, 6.45) is -2.59. The van der Waals surface area contributed by atoms with Crippen LogP contribution in [-0.2, 0) is 9.63 Å². The fraction of sp³-hybridized carbons (Fsp3) is 0.889. The second-order valence-electron chi connectivity index (χ2n) is 3.92. The van der Waals surface area contributed by atoms with Gasteiger partial charge in [0.1, 0.15) is 0 Å². The zero-order valence-corrected chi connectivity index (χ0v) is 8.93. The van der Waals surface area contributed by atoms with E-state index in [-0.39, 0.29) is 5.92 Å². The van der Waals surface area contributed by atoms with E-state index in [1.165, 1.54) is 0 Å². The molecule has 1 rings (SSSR count). The van der Waals surface area contributed by atoms with E-state index in [9.17, 15) is 18.0 Å². The Hall–Kier alpha value is -0.820. The van der Waals surface area contributed by atoms with Gasteiger partial charge in [0.05, 0.1) is 6.04 Å².